The standard InChI is InChI=1S/C32H39Cl2F5N4O5S/c1-22(44)43(24-4-7-27(8-5-24)48-21-31(35,36)32(37,38)39)25-12-16-40(17-13-25)14-3-15-42(26-6-9-28(33)29(34)20-26)30(45)23-10-18-41(19-11-23)49(2,46)47/h4-9,20,23,25H,3,10-19,21H2,1-2H3. The molecule has 2 aliphatic heterocycles. The third kappa shape index (κ3) is 10.2. The Morgan fingerprint density at radius 2 is 1.49 bits per heavy atom. The van der Waals surface area contributed by atoms with Gasteiger partial charge in [0.05, 0.1) is 16.3 Å². The number of nitrogens with zero attached hydrogens (tertiary/aromatic N) is 4. The number of sulfonamides is 1. The van der Waals surface area contributed by atoms with Crippen molar-refractivity contribution in [1.29, 1.82) is 0 Å². The molecule has 2 amide bonds. The first-order valence-electron chi connectivity index (χ1n) is 15.8. The van der Waals surface area contributed by atoms with E-state index < -0.39 is 28.7 Å². The number of likely N-dealkylation sites (tertiary alicyclic amines) is 1. The number of amides is 2. The molecule has 2 aliphatic rings. The second-order valence-electron chi connectivity index (χ2n) is 12.3. The molecular formula is C32H39Cl2F5N4O5S. The molecule has 0 unspecified atom stereocenters. The molecule has 272 valence electrons. The molecule has 2 saturated heterocycles. The number of rotatable bonds is 12. The van der Waals surface area contributed by atoms with Gasteiger partial charge in [-0.05, 0) is 81.1 Å². The van der Waals surface area contributed by atoms with Gasteiger partial charge in [0.1, 0.15) is 5.75 Å². The van der Waals surface area contributed by atoms with E-state index in [-0.39, 0.29) is 42.6 Å². The third-order valence-electron chi connectivity index (χ3n) is 8.82. The SMILES string of the molecule is CC(=O)N(c1ccc(OCC(F)(F)C(F)(F)F)cc1)C1CCN(CCCN(C(=O)C2CCN(S(C)(=O)=O)CC2)c2ccc(Cl)c(Cl)c2)CC1. The minimum atomic E-state index is -5.73. The molecule has 2 aromatic rings. The summed E-state index contributed by atoms with van der Waals surface area (Å²) in [5, 5.41) is 0.669. The molecule has 9 nitrogen and oxygen atoms in total. The Balaban J connectivity index is 1.33. The van der Waals surface area contributed by atoms with Crippen LogP contribution < -0.4 is 14.5 Å². The highest BCUT2D eigenvalue weighted by Crippen LogP contribution is 2.36. The first kappa shape index (κ1) is 39.1. The molecular weight excluding hydrogens is 718 g/mol. The summed E-state index contributed by atoms with van der Waals surface area (Å²) >= 11 is 12.4. The largest absolute Gasteiger partial charge is 0.487 e. The number of carbonyl (C=O) groups excluding carboxylic acids is 2. The summed E-state index contributed by atoms with van der Waals surface area (Å²) in [5.74, 6) is -5.87. The number of halogens is 7. The van der Waals surface area contributed by atoms with Gasteiger partial charge in [-0.2, -0.15) is 22.0 Å². The molecule has 2 fully saturated rings. The zero-order valence-corrected chi connectivity index (χ0v) is 29.4. The van der Waals surface area contributed by atoms with E-state index >= 15 is 0 Å². The van der Waals surface area contributed by atoms with Crippen LogP contribution in [0.2, 0.25) is 10.0 Å². The molecule has 2 heterocycles. The number of carbonyl (C=O) groups is 2. The van der Waals surface area contributed by atoms with Crippen molar-refractivity contribution in [2.24, 2.45) is 5.92 Å². The molecule has 17 heteroatoms. The van der Waals surface area contributed by atoms with Gasteiger partial charge in [0.2, 0.25) is 21.8 Å². The van der Waals surface area contributed by atoms with Gasteiger partial charge < -0.3 is 19.4 Å². The Morgan fingerprint density at radius 3 is 2.02 bits per heavy atom. The fourth-order valence-electron chi connectivity index (χ4n) is 6.14. The van der Waals surface area contributed by atoms with E-state index in [9.17, 15) is 40.0 Å². The highest BCUT2D eigenvalue weighted by Gasteiger charge is 2.58. The normalized spacial score (nSPS) is 17.6. The van der Waals surface area contributed by atoms with E-state index in [2.05, 4.69) is 9.64 Å². The summed E-state index contributed by atoms with van der Waals surface area (Å²) in [6, 6.07) is 10.3. The maximum atomic E-state index is 13.7. The van der Waals surface area contributed by atoms with Crippen LogP contribution in [0.15, 0.2) is 42.5 Å². The van der Waals surface area contributed by atoms with Crippen LogP contribution in [0.25, 0.3) is 0 Å². The molecule has 0 saturated carbocycles. The lowest BCUT2D eigenvalue weighted by Crippen LogP contribution is -2.48. The number of piperidine rings is 2. The van der Waals surface area contributed by atoms with Crippen LogP contribution in [0.1, 0.15) is 39.0 Å². The van der Waals surface area contributed by atoms with Gasteiger partial charge in [0.25, 0.3) is 0 Å². The van der Waals surface area contributed by atoms with E-state index in [1.54, 1.807) is 28.0 Å². The van der Waals surface area contributed by atoms with Gasteiger partial charge in [0.15, 0.2) is 6.61 Å². The Hall–Kier alpha value is -2.72. The third-order valence-corrected chi connectivity index (χ3v) is 10.9. The molecule has 0 aliphatic carbocycles. The average molecular weight is 758 g/mol. The van der Waals surface area contributed by atoms with E-state index in [1.165, 1.54) is 35.5 Å². The predicted octanol–water partition coefficient (Wildman–Crippen LogP) is 6.48. The Bertz CT molecular complexity index is 1570. The first-order chi connectivity index (χ1) is 22.9. The van der Waals surface area contributed by atoms with Crippen LogP contribution >= 0.6 is 23.2 Å². The van der Waals surface area contributed by atoms with Crippen molar-refractivity contribution in [1.82, 2.24) is 9.21 Å². The number of anilines is 2. The van der Waals surface area contributed by atoms with Crippen LogP contribution in [0.5, 0.6) is 5.75 Å². The van der Waals surface area contributed by atoms with E-state index in [1.807, 2.05) is 0 Å². The van der Waals surface area contributed by atoms with Crippen LogP contribution in [0.3, 0.4) is 0 Å². The lowest BCUT2D eigenvalue weighted by Gasteiger charge is -2.38. The van der Waals surface area contributed by atoms with Crippen LogP contribution in [0, 0.1) is 5.92 Å². The van der Waals surface area contributed by atoms with Gasteiger partial charge in [-0.25, -0.2) is 12.7 Å². The summed E-state index contributed by atoms with van der Waals surface area (Å²) in [5.41, 5.74) is 1.07. The van der Waals surface area contributed by atoms with Crippen LogP contribution in [-0.4, -0.2) is 99.7 Å². The first-order valence-corrected chi connectivity index (χ1v) is 18.4. The highest BCUT2D eigenvalue weighted by molar-refractivity contribution is 7.88. The summed E-state index contributed by atoms with van der Waals surface area (Å²) in [6.45, 7) is 2.48. The minimum Gasteiger partial charge on any atom is -0.487 e. The topological polar surface area (TPSA) is 90.5 Å². The van der Waals surface area contributed by atoms with Crippen molar-refractivity contribution in [3.05, 3.63) is 52.5 Å². The fraction of sp³-hybridized carbons (Fsp3) is 0.562. The minimum absolute atomic E-state index is 0.104. The van der Waals surface area contributed by atoms with Crippen molar-refractivity contribution >= 4 is 56.4 Å². The van der Waals surface area contributed by atoms with E-state index in [0.29, 0.717) is 79.7 Å². The van der Waals surface area contributed by atoms with Crippen molar-refractivity contribution in [2.75, 3.05) is 61.9 Å². The second kappa shape index (κ2) is 16.1. The number of hydrogen-bond donors (Lipinski definition) is 0. The number of ether oxygens (including phenoxy) is 1. The lowest BCUT2D eigenvalue weighted by atomic mass is 9.96. The van der Waals surface area contributed by atoms with Crippen LogP contribution in [0.4, 0.5) is 33.3 Å². The predicted molar refractivity (Wildman–Crippen MR) is 178 cm³/mol. The lowest BCUT2D eigenvalue weighted by molar-refractivity contribution is -0.290. The zero-order valence-electron chi connectivity index (χ0n) is 27.1. The number of alkyl halides is 5. The van der Waals surface area contributed by atoms with Gasteiger partial charge in [-0.1, -0.05) is 23.2 Å². The van der Waals surface area contributed by atoms with E-state index in [4.69, 9.17) is 23.2 Å². The molecule has 0 bridgehead atoms. The fourth-order valence-corrected chi connectivity index (χ4v) is 7.30. The Kier molecular flexibility index (Phi) is 12.8. The van der Waals surface area contributed by atoms with Crippen molar-refractivity contribution in [3.63, 3.8) is 0 Å². The molecule has 49 heavy (non-hydrogen) atoms. The molecule has 0 aromatic heterocycles. The van der Waals surface area contributed by atoms with E-state index in [0.717, 1.165) is 6.26 Å². The maximum absolute atomic E-state index is 13.7. The summed E-state index contributed by atoms with van der Waals surface area (Å²) in [6.07, 6.45) is -1.86. The summed E-state index contributed by atoms with van der Waals surface area (Å²) in [7, 11) is -3.34. The number of benzene rings is 2. The van der Waals surface area contributed by atoms with Gasteiger partial charge in [-0.15, -0.1) is 0 Å². The Labute approximate surface area is 292 Å². The van der Waals surface area contributed by atoms with Gasteiger partial charge >= 0.3 is 12.1 Å². The summed E-state index contributed by atoms with van der Waals surface area (Å²) < 4.78 is 93.8. The smallest absolute Gasteiger partial charge is 0.456 e. The summed E-state index contributed by atoms with van der Waals surface area (Å²) in [4.78, 5) is 31.9. The molecule has 0 radical (unpaired) electrons. The van der Waals surface area contributed by atoms with Gasteiger partial charge in [-0.3, -0.25) is 9.59 Å². The van der Waals surface area contributed by atoms with Crippen LogP contribution in [-0.2, 0) is 19.6 Å². The molecule has 0 N–H and O–H groups in total. The highest BCUT2D eigenvalue weighted by atomic mass is 35.5. The monoisotopic (exact) mass is 756 g/mol. The Morgan fingerprint density at radius 1 is 0.898 bits per heavy atom. The second-order valence-corrected chi connectivity index (χ2v) is 15.1. The van der Waals surface area contributed by atoms with Crippen molar-refractivity contribution in [3.8, 4) is 5.75 Å². The van der Waals surface area contributed by atoms with Crippen molar-refractivity contribution < 1.29 is 44.7 Å². The quantitative estimate of drug-likeness (QED) is 0.231. The molecule has 2 aromatic carbocycles. The van der Waals surface area contributed by atoms with Gasteiger partial charge in [0, 0.05) is 63.0 Å². The molecule has 0 atom stereocenters. The van der Waals surface area contributed by atoms with Crippen molar-refractivity contribution in [2.45, 2.75) is 57.2 Å². The zero-order chi connectivity index (χ0) is 36.1. The molecule has 4 rings (SSSR count). The average Bonchev–Trinajstić information content (AvgIpc) is 3.03. The molecule has 0 spiro atoms. The maximum Gasteiger partial charge on any atom is 0.456 e. The number of hydrogen-bond acceptors (Lipinski definition) is 6.